The quantitative estimate of drug-likeness (QED) is 0.739. The Bertz CT molecular complexity index is 442. The lowest BCUT2D eigenvalue weighted by molar-refractivity contribution is 0.251. The van der Waals surface area contributed by atoms with Crippen molar-refractivity contribution >= 4 is 10.0 Å². The van der Waals surface area contributed by atoms with Crippen LogP contribution in [0.3, 0.4) is 0 Å². The number of benzene rings is 1. The van der Waals surface area contributed by atoms with E-state index in [1.165, 1.54) is 10.4 Å². The summed E-state index contributed by atoms with van der Waals surface area (Å²) < 4.78 is 25.0. The van der Waals surface area contributed by atoms with Crippen LogP contribution >= 0.6 is 0 Å². The molecule has 0 heterocycles. The molecule has 4 nitrogen and oxygen atoms in total. The number of aliphatic hydroxyl groups excluding tert-OH is 1. The topological polar surface area (TPSA) is 57.6 Å². The molecule has 0 aliphatic heterocycles. The number of hydrogen-bond donors (Lipinski definition) is 1. The van der Waals surface area contributed by atoms with Crippen molar-refractivity contribution in [3.8, 4) is 0 Å². The summed E-state index contributed by atoms with van der Waals surface area (Å²) in [7, 11) is -3.38. The summed E-state index contributed by atoms with van der Waals surface area (Å²) in [5.74, 6) is -0.111. The van der Waals surface area contributed by atoms with Gasteiger partial charge in [-0.1, -0.05) is 36.4 Å². The predicted octanol–water partition coefficient (Wildman–Crippen LogP) is 0.997. The van der Waals surface area contributed by atoms with Gasteiger partial charge in [0.2, 0.25) is 10.0 Å². The molecule has 1 N–H and O–H groups in total. The lowest BCUT2D eigenvalue weighted by Crippen LogP contribution is -2.34. The average molecular weight is 255 g/mol. The van der Waals surface area contributed by atoms with E-state index in [9.17, 15) is 8.42 Å². The summed E-state index contributed by atoms with van der Waals surface area (Å²) in [6.07, 6.45) is 1.35. The molecule has 0 fully saturated rings. The maximum atomic E-state index is 11.9. The molecule has 0 amide bonds. The Morgan fingerprint density at radius 3 is 2.47 bits per heavy atom. The van der Waals surface area contributed by atoms with E-state index in [0.29, 0.717) is 0 Å². The third-order valence-electron chi connectivity index (χ3n) is 2.27. The highest BCUT2D eigenvalue weighted by Crippen LogP contribution is 2.09. The molecule has 5 heteroatoms. The fraction of sp³-hybridized carbons (Fsp3) is 0.333. The van der Waals surface area contributed by atoms with Gasteiger partial charge in [-0.25, -0.2) is 8.42 Å². The fourth-order valence-corrected chi connectivity index (χ4v) is 2.68. The van der Waals surface area contributed by atoms with Gasteiger partial charge >= 0.3 is 0 Å². The molecule has 0 saturated carbocycles. The van der Waals surface area contributed by atoms with Crippen LogP contribution in [0, 0.1) is 0 Å². The molecule has 0 bridgehead atoms. The smallest absolute Gasteiger partial charge is 0.218 e. The van der Waals surface area contributed by atoms with Gasteiger partial charge in [-0.05, 0) is 5.56 Å². The Morgan fingerprint density at radius 1 is 1.29 bits per heavy atom. The molecule has 1 aromatic rings. The largest absolute Gasteiger partial charge is 0.395 e. The van der Waals surface area contributed by atoms with E-state index >= 15 is 0 Å². The molecule has 0 atom stereocenters. The molecular formula is C12H17NO3S. The zero-order valence-electron chi connectivity index (χ0n) is 9.62. The minimum absolute atomic E-state index is 0.102. The van der Waals surface area contributed by atoms with E-state index in [-0.39, 0.29) is 25.4 Å². The van der Waals surface area contributed by atoms with E-state index < -0.39 is 10.0 Å². The minimum Gasteiger partial charge on any atom is -0.395 e. The minimum atomic E-state index is -3.38. The number of rotatable bonds is 7. The highest BCUT2D eigenvalue weighted by atomic mass is 32.2. The van der Waals surface area contributed by atoms with E-state index in [0.717, 1.165) is 5.56 Å². The van der Waals surface area contributed by atoms with Gasteiger partial charge in [0.25, 0.3) is 0 Å². The number of nitrogens with zero attached hydrogens (tertiary/aromatic N) is 1. The molecule has 0 aromatic heterocycles. The van der Waals surface area contributed by atoms with Crippen molar-refractivity contribution in [3.63, 3.8) is 0 Å². The Morgan fingerprint density at radius 2 is 1.94 bits per heavy atom. The number of aliphatic hydroxyl groups is 1. The Balaban J connectivity index is 2.83. The first-order valence-corrected chi connectivity index (χ1v) is 6.94. The highest BCUT2D eigenvalue weighted by Gasteiger charge is 2.19. The van der Waals surface area contributed by atoms with Crippen molar-refractivity contribution in [1.29, 1.82) is 0 Å². The van der Waals surface area contributed by atoms with Crippen LogP contribution in [0.15, 0.2) is 43.0 Å². The van der Waals surface area contributed by atoms with Crippen molar-refractivity contribution in [1.82, 2.24) is 4.31 Å². The highest BCUT2D eigenvalue weighted by molar-refractivity contribution is 7.89. The number of sulfonamides is 1. The number of hydrogen-bond acceptors (Lipinski definition) is 3. The summed E-state index contributed by atoms with van der Waals surface area (Å²) >= 11 is 0. The van der Waals surface area contributed by atoms with E-state index in [2.05, 4.69) is 6.58 Å². The molecule has 0 radical (unpaired) electrons. The van der Waals surface area contributed by atoms with Crippen molar-refractivity contribution in [3.05, 3.63) is 48.6 Å². The second kappa shape index (κ2) is 6.54. The van der Waals surface area contributed by atoms with Crippen LogP contribution < -0.4 is 0 Å². The normalized spacial score (nSPS) is 11.6. The van der Waals surface area contributed by atoms with E-state index in [1.54, 1.807) is 0 Å². The van der Waals surface area contributed by atoms with Crippen LogP contribution in [-0.4, -0.2) is 36.7 Å². The Kier molecular flexibility index (Phi) is 5.34. The van der Waals surface area contributed by atoms with Crippen LogP contribution in [0.1, 0.15) is 5.56 Å². The maximum Gasteiger partial charge on any atom is 0.218 e. The summed E-state index contributed by atoms with van der Waals surface area (Å²) in [6.45, 7) is 3.61. The Hall–Kier alpha value is -1.17. The summed E-state index contributed by atoms with van der Waals surface area (Å²) in [6, 6.07) is 9.29. The average Bonchev–Trinajstić information content (AvgIpc) is 2.30. The van der Waals surface area contributed by atoms with Crippen LogP contribution in [-0.2, 0) is 16.6 Å². The molecule has 1 aromatic carbocycles. The third kappa shape index (κ3) is 4.30. The first kappa shape index (κ1) is 13.9. The molecule has 1 rings (SSSR count). The SMILES string of the molecule is C=CCS(=O)(=O)N(CCO)Cc1ccccc1. The van der Waals surface area contributed by atoms with Gasteiger partial charge in [-0.3, -0.25) is 0 Å². The van der Waals surface area contributed by atoms with Crippen molar-refractivity contribution < 1.29 is 13.5 Å². The second-order valence-electron chi connectivity index (χ2n) is 3.61. The molecule has 0 saturated heterocycles. The van der Waals surface area contributed by atoms with Gasteiger partial charge in [0, 0.05) is 13.1 Å². The van der Waals surface area contributed by atoms with Gasteiger partial charge in [0.15, 0.2) is 0 Å². The van der Waals surface area contributed by atoms with Gasteiger partial charge in [-0.2, -0.15) is 4.31 Å². The molecule has 0 aliphatic rings. The summed E-state index contributed by atoms with van der Waals surface area (Å²) in [5, 5.41) is 8.91. The molecule has 0 unspecified atom stereocenters. The van der Waals surface area contributed by atoms with Crippen LogP contribution in [0.4, 0.5) is 0 Å². The van der Waals surface area contributed by atoms with Gasteiger partial charge in [0.05, 0.1) is 12.4 Å². The monoisotopic (exact) mass is 255 g/mol. The van der Waals surface area contributed by atoms with Gasteiger partial charge in [-0.15, -0.1) is 6.58 Å². The first-order valence-electron chi connectivity index (χ1n) is 5.33. The zero-order valence-corrected chi connectivity index (χ0v) is 10.4. The predicted molar refractivity (Wildman–Crippen MR) is 67.9 cm³/mol. The zero-order chi connectivity index (χ0) is 12.7. The van der Waals surface area contributed by atoms with Crippen molar-refractivity contribution in [2.45, 2.75) is 6.54 Å². The fourth-order valence-electron chi connectivity index (χ4n) is 1.47. The molecular weight excluding hydrogens is 238 g/mol. The van der Waals surface area contributed by atoms with E-state index in [4.69, 9.17) is 5.11 Å². The van der Waals surface area contributed by atoms with Crippen LogP contribution in [0.25, 0.3) is 0 Å². The molecule has 0 spiro atoms. The summed E-state index contributed by atoms with van der Waals surface area (Å²) in [5.41, 5.74) is 0.897. The maximum absolute atomic E-state index is 11.9. The third-order valence-corrected chi connectivity index (χ3v) is 4.03. The Labute approximate surface area is 102 Å². The molecule has 0 aliphatic carbocycles. The lowest BCUT2D eigenvalue weighted by Gasteiger charge is -2.20. The summed E-state index contributed by atoms with van der Waals surface area (Å²) in [4.78, 5) is 0. The second-order valence-corrected chi connectivity index (χ2v) is 5.62. The van der Waals surface area contributed by atoms with Crippen molar-refractivity contribution in [2.75, 3.05) is 18.9 Å². The van der Waals surface area contributed by atoms with Gasteiger partial charge in [0.1, 0.15) is 0 Å². The first-order chi connectivity index (χ1) is 8.10. The lowest BCUT2D eigenvalue weighted by atomic mass is 10.2. The molecule has 17 heavy (non-hydrogen) atoms. The van der Waals surface area contributed by atoms with Gasteiger partial charge < -0.3 is 5.11 Å². The molecule has 94 valence electrons. The van der Waals surface area contributed by atoms with E-state index in [1.807, 2.05) is 30.3 Å². The van der Waals surface area contributed by atoms with Crippen molar-refractivity contribution in [2.24, 2.45) is 0 Å². The standard InChI is InChI=1S/C12H17NO3S/c1-2-10-17(15,16)13(8-9-14)11-12-6-4-3-5-7-12/h2-7,14H,1,8-11H2. The van der Waals surface area contributed by atoms with Crippen LogP contribution in [0.5, 0.6) is 0 Å². The van der Waals surface area contributed by atoms with Crippen LogP contribution in [0.2, 0.25) is 0 Å².